The fourth-order valence-electron chi connectivity index (χ4n) is 1.91. The molecule has 0 heterocycles. The van der Waals surface area contributed by atoms with Gasteiger partial charge in [-0.3, -0.25) is 4.79 Å². The van der Waals surface area contributed by atoms with E-state index < -0.39 is 5.92 Å². The van der Waals surface area contributed by atoms with Crippen molar-refractivity contribution in [3.8, 4) is 6.07 Å². The van der Waals surface area contributed by atoms with Crippen LogP contribution < -0.4 is 4.90 Å². The summed E-state index contributed by atoms with van der Waals surface area (Å²) in [6.45, 7) is 6.51. The molecule has 1 aromatic carbocycles. The Bertz CT molecular complexity index is 431. The molecule has 1 amide bonds. The first kappa shape index (κ1) is 14.2. The van der Waals surface area contributed by atoms with Gasteiger partial charge in [0, 0.05) is 12.2 Å². The fourth-order valence-corrected chi connectivity index (χ4v) is 1.91. The van der Waals surface area contributed by atoms with Crippen molar-refractivity contribution in [2.75, 3.05) is 11.4 Å². The van der Waals surface area contributed by atoms with E-state index in [0.29, 0.717) is 13.0 Å². The Labute approximate surface area is 109 Å². The average Bonchev–Trinajstić information content (AvgIpc) is 2.38. The molecule has 0 saturated heterocycles. The van der Waals surface area contributed by atoms with Gasteiger partial charge in [0.15, 0.2) is 0 Å². The summed E-state index contributed by atoms with van der Waals surface area (Å²) in [6.07, 6.45) is 1.47. The molecule has 1 unspecified atom stereocenters. The second kappa shape index (κ2) is 6.80. The smallest absolute Gasteiger partial charge is 0.244 e. The van der Waals surface area contributed by atoms with E-state index in [4.69, 9.17) is 5.26 Å². The van der Waals surface area contributed by atoms with Gasteiger partial charge in [-0.15, -0.1) is 0 Å². The predicted octanol–water partition coefficient (Wildman–Crippen LogP) is 3.29. The zero-order chi connectivity index (χ0) is 13.5. The van der Waals surface area contributed by atoms with Crippen molar-refractivity contribution in [2.24, 2.45) is 5.92 Å². The molecule has 0 fully saturated rings. The summed E-state index contributed by atoms with van der Waals surface area (Å²) in [5, 5.41) is 9.07. The van der Waals surface area contributed by atoms with Crippen LogP contribution in [0.15, 0.2) is 24.3 Å². The Balaban J connectivity index is 2.92. The Hall–Kier alpha value is -1.82. The van der Waals surface area contributed by atoms with E-state index in [9.17, 15) is 4.79 Å². The minimum atomic E-state index is -0.531. The number of nitrogens with zero attached hydrogens (tertiary/aromatic N) is 2. The molecule has 1 aromatic rings. The van der Waals surface area contributed by atoms with Gasteiger partial charge in [-0.25, -0.2) is 0 Å². The zero-order valence-electron chi connectivity index (χ0n) is 11.3. The number of amides is 1. The third-order valence-corrected chi connectivity index (χ3v) is 2.96. The maximum Gasteiger partial charge on any atom is 0.244 e. The Kier molecular flexibility index (Phi) is 5.38. The van der Waals surface area contributed by atoms with Crippen LogP contribution in [0.4, 0.5) is 5.69 Å². The molecule has 0 aliphatic heterocycles. The lowest BCUT2D eigenvalue weighted by molar-refractivity contribution is -0.120. The highest BCUT2D eigenvalue weighted by molar-refractivity contribution is 5.96. The number of benzene rings is 1. The molecule has 18 heavy (non-hydrogen) atoms. The largest absolute Gasteiger partial charge is 0.312 e. The fraction of sp³-hybridized carbons (Fsp3) is 0.467. The highest BCUT2D eigenvalue weighted by atomic mass is 16.2. The van der Waals surface area contributed by atoms with Crippen LogP contribution in [0.2, 0.25) is 0 Å². The lowest BCUT2D eigenvalue weighted by Gasteiger charge is -2.23. The number of carbonyl (C=O) groups excluding carboxylic acids is 1. The molecule has 96 valence electrons. The summed E-state index contributed by atoms with van der Waals surface area (Å²) in [4.78, 5) is 14.0. The highest BCUT2D eigenvalue weighted by Crippen LogP contribution is 2.19. The van der Waals surface area contributed by atoms with E-state index in [0.717, 1.165) is 17.7 Å². The maximum absolute atomic E-state index is 12.3. The standard InChI is InChI=1S/C15H20N2O/c1-4-6-13(11-16)15(18)17(5-2)14-9-7-12(3)8-10-14/h7-10,13H,4-6H2,1-3H3. The number of nitriles is 1. The molecule has 0 saturated carbocycles. The van der Waals surface area contributed by atoms with Crippen molar-refractivity contribution in [2.45, 2.75) is 33.6 Å². The summed E-state index contributed by atoms with van der Waals surface area (Å²) >= 11 is 0. The van der Waals surface area contributed by atoms with E-state index in [-0.39, 0.29) is 5.91 Å². The Morgan fingerprint density at radius 2 is 1.94 bits per heavy atom. The van der Waals surface area contributed by atoms with Crippen molar-refractivity contribution in [3.05, 3.63) is 29.8 Å². The van der Waals surface area contributed by atoms with Gasteiger partial charge in [-0.1, -0.05) is 31.0 Å². The summed E-state index contributed by atoms with van der Waals surface area (Å²) in [5.41, 5.74) is 2.03. The van der Waals surface area contributed by atoms with Crippen LogP contribution in [0.3, 0.4) is 0 Å². The number of hydrogen-bond acceptors (Lipinski definition) is 2. The summed E-state index contributed by atoms with van der Waals surface area (Å²) in [6, 6.07) is 9.92. The molecule has 0 bridgehead atoms. The molecule has 0 aromatic heterocycles. The first-order valence-corrected chi connectivity index (χ1v) is 6.41. The number of carbonyl (C=O) groups is 1. The van der Waals surface area contributed by atoms with Crippen molar-refractivity contribution < 1.29 is 4.79 Å². The van der Waals surface area contributed by atoms with Gasteiger partial charge in [0.2, 0.25) is 5.91 Å². The summed E-state index contributed by atoms with van der Waals surface area (Å²) < 4.78 is 0. The summed E-state index contributed by atoms with van der Waals surface area (Å²) in [7, 11) is 0. The SMILES string of the molecule is CCCC(C#N)C(=O)N(CC)c1ccc(C)cc1. The van der Waals surface area contributed by atoms with Crippen molar-refractivity contribution in [1.29, 1.82) is 5.26 Å². The molecule has 1 atom stereocenters. The van der Waals surface area contributed by atoms with Crippen molar-refractivity contribution in [1.82, 2.24) is 0 Å². The molecular formula is C15H20N2O. The minimum absolute atomic E-state index is 0.0919. The van der Waals surface area contributed by atoms with E-state index in [1.807, 2.05) is 45.0 Å². The quantitative estimate of drug-likeness (QED) is 0.797. The Morgan fingerprint density at radius 3 is 2.39 bits per heavy atom. The van der Waals surface area contributed by atoms with Gasteiger partial charge < -0.3 is 4.90 Å². The third-order valence-electron chi connectivity index (χ3n) is 2.96. The molecule has 0 spiro atoms. The second-order valence-corrected chi connectivity index (χ2v) is 4.39. The van der Waals surface area contributed by atoms with Gasteiger partial charge >= 0.3 is 0 Å². The number of aryl methyl sites for hydroxylation is 1. The zero-order valence-corrected chi connectivity index (χ0v) is 11.3. The highest BCUT2D eigenvalue weighted by Gasteiger charge is 2.23. The number of hydrogen-bond donors (Lipinski definition) is 0. The van der Waals surface area contributed by atoms with E-state index in [1.54, 1.807) is 4.90 Å². The molecule has 3 nitrogen and oxygen atoms in total. The predicted molar refractivity (Wildman–Crippen MR) is 73.2 cm³/mol. The van der Waals surface area contributed by atoms with Gasteiger partial charge in [-0.2, -0.15) is 5.26 Å². The monoisotopic (exact) mass is 244 g/mol. The van der Waals surface area contributed by atoms with Crippen molar-refractivity contribution >= 4 is 11.6 Å². The van der Waals surface area contributed by atoms with E-state index in [2.05, 4.69) is 6.07 Å². The number of rotatable bonds is 5. The van der Waals surface area contributed by atoms with E-state index in [1.165, 1.54) is 0 Å². The molecule has 0 radical (unpaired) electrons. The normalized spacial score (nSPS) is 11.7. The second-order valence-electron chi connectivity index (χ2n) is 4.39. The first-order valence-electron chi connectivity index (χ1n) is 6.41. The molecule has 0 aliphatic rings. The van der Waals surface area contributed by atoms with Gasteiger partial charge in [0.05, 0.1) is 6.07 Å². The first-order chi connectivity index (χ1) is 8.63. The third kappa shape index (κ3) is 3.33. The lowest BCUT2D eigenvalue weighted by Crippen LogP contribution is -2.35. The van der Waals surface area contributed by atoms with Crippen molar-refractivity contribution in [3.63, 3.8) is 0 Å². The van der Waals surface area contributed by atoms with Crippen LogP contribution in [0.5, 0.6) is 0 Å². The maximum atomic E-state index is 12.3. The van der Waals surface area contributed by atoms with Crippen LogP contribution in [-0.4, -0.2) is 12.5 Å². The van der Waals surface area contributed by atoms with Gasteiger partial charge in [-0.05, 0) is 32.4 Å². The molecule has 3 heteroatoms. The average molecular weight is 244 g/mol. The molecule has 1 rings (SSSR count). The summed E-state index contributed by atoms with van der Waals surface area (Å²) in [5.74, 6) is -0.623. The molecule has 0 N–H and O–H groups in total. The van der Waals surface area contributed by atoms with Crippen LogP contribution in [0.25, 0.3) is 0 Å². The number of anilines is 1. The minimum Gasteiger partial charge on any atom is -0.312 e. The Morgan fingerprint density at radius 1 is 1.33 bits per heavy atom. The van der Waals surface area contributed by atoms with Gasteiger partial charge in [0.25, 0.3) is 0 Å². The van der Waals surface area contributed by atoms with Gasteiger partial charge in [0.1, 0.15) is 5.92 Å². The van der Waals surface area contributed by atoms with Crippen LogP contribution in [0, 0.1) is 24.2 Å². The molecule has 0 aliphatic carbocycles. The van der Waals surface area contributed by atoms with Crippen LogP contribution >= 0.6 is 0 Å². The van der Waals surface area contributed by atoms with Crippen LogP contribution in [0.1, 0.15) is 32.3 Å². The molecular weight excluding hydrogens is 224 g/mol. The topological polar surface area (TPSA) is 44.1 Å². The van der Waals surface area contributed by atoms with Crippen LogP contribution in [-0.2, 0) is 4.79 Å². The lowest BCUT2D eigenvalue weighted by atomic mass is 10.0. The van der Waals surface area contributed by atoms with E-state index >= 15 is 0 Å².